The van der Waals surface area contributed by atoms with Crippen molar-refractivity contribution in [1.29, 1.82) is 0 Å². The molecule has 0 aliphatic heterocycles. The Kier molecular flexibility index (Phi) is 6.07. The number of aryl methyl sites for hydroxylation is 3. The molecule has 3 N–H and O–H groups in total. The van der Waals surface area contributed by atoms with E-state index in [0.29, 0.717) is 5.75 Å². The van der Waals surface area contributed by atoms with Gasteiger partial charge in [0.25, 0.3) is 15.9 Å². The van der Waals surface area contributed by atoms with Crippen molar-refractivity contribution in [3.8, 4) is 11.6 Å². The smallest absolute Gasteiger partial charge is 0.281 e. The third kappa shape index (κ3) is 4.75. The van der Waals surface area contributed by atoms with Crippen molar-refractivity contribution in [3.63, 3.8) is 0 Å². The number of hydrogen-bond acceptors (Lipinski definition) is 7. The fourth-order valence-electron chi connectivity index (χ4n) is 4.22. The minimum Gasteiger partial charge on any atom is -0.438 e. The van der Waals surface area contributed by atoms with Crippen LogP contribution in [0.25, 0.3) is 0 Å². The van der Waals surface area contributed by atoms with Gasteiger partial charge in [-0.05, 0) is 68.5 Å². The number of sulfonamides is 1. The van der Waals surface area contributed by atoms with Crippen LogP contribution in [0.2, 0.25) is 0 Å². The molecule has 0 unspecified atom stereocenters. The van der Waals surface area contributed by atoms with Gasteiger partial charge < -0.3 is 10.5 Å². The lowest BCUT2D eigenvalue weighted by Crippen LogP contribution is -2.33. The lowest BCUT2D eigenvalue weighted by molar-refractivity contribution is 0.0978. The monoisotopic (exact) mass is 486 g/mol. The van der Waals surface area contributed by atoms with E-state index in [1.54, 1.807) is 6.07 Å². The lowest BCUT2D eigenvalue weighted by atomic mass is 9.75. The van der Waals surface area contributed by atoms with Crippen LogP contribution in [0.4, 0.5) is 5.82 Å². The molecule has 0 atom stereocenters. The number of nitrogen functional groups attached to an aromatic ring is 1. The number of pyridine rings is 2. The highest BCUT2D eigenvalue weighted by Gasteiger charge is 2.33. The highest BCUT2D eigenvalue weighted by molar-refractivity contribution is 7.90. The molecule has 0 radical (unpaired) electrons. The minimum absolute atomic E-state index is 0. The number of aromatic nitrogens is 2. The summed E-state index contributed by atoms with van der Waals surface area (Å²) in [5.74, 6) is -0.204. The van der Waals surface area contributed by atoms with Crippen LogP contribution in [-0.2, 0) is 21.9 Å². The molecule has 3 aromatic rings. The highest BCUT2D eigenvalue weighted by atomic mass is 32.2. The number of carbonyl (C=O) groups is 1. The van der Waals surface area contributed by atoms with Gasteiger partial charge in [-0.1, -0.05) is 37.6 Å². The molecule has 0 spiro atoms. The van der Waals surface area contributed by atoms with Gasteiger partial charge in [0.05, 0.1) is 5.69 Å². The van der Waals surface area contributed by atoms with Crippen molar-refractivity contribution in [2.24, 2.45) is 0 Å². The average Bonchev–Trinajstić information content (AvgIpc) is 2.75. The van der Waals surface area contributed by atoms with Crippen LogP contribution in [0.3, 0.4) is 0 Å². The Hall–Kier alpha value is -3.46. The molecular formula is C25H34N4O4S. The molecule has 0 saturated carbocycles. The first kappa shape index (κ1) is 23.7. The maximum atomic E-state index is 13.2. The molecule has 184 valence electrons. The molecule has 1 aromatic carbocycles. The number of fused-ring (bicyclic) bond motifs is 1. The molecule has 2 heterocycles. The van der Waals surface area contributed by atoms with E-state index in [1.807, 2.05) is 32.0 Å². The molecule has 1 amide bonds. The Bertz CT molecular complexity index is 1400. The van der Waals surface area contributed by atoms with E-state index in [1.165, 1.54) is 18.2 Å². The van der Waals surface area contributed by atoms with Crippen molar-refractivity contribution in [2.45, 2.75) is 57.4 Å². The molecule has 0 fully saturated rings. The van der Waals surface area contributed by atoms with Crippen LogP contribution >= 0.6 is 0 Å². The SMILES string of the molecule is Cc1ccc(Oc2nc3c(cc2C(=O)NS(=O)(=O)c2cccc(N)n2)CCCC3(C)C)c(C)c1.[HH].[HH].[HH]. The van der Waals surface area contributed by atoms with E-state index < -0.39 is 15.9 Å². The number of carbonyl (C=O) groups excluding carboxylic acids is 1. The number of amides is 1. The zero-order valence-corrected chi connectivity index (χ0v) is 20.5. The van der Waals surface area contributed by atoms with Crippen LogP contribution in [-0.4, -0.2) is 24.3 Å². The topological polar surface area (TPSA) is 124 Å². The van der Waals surface area contributed by atoms with E-state index in [4.69, 9.17) is 15.5 Å². The average molecular weight is 487 g/mol. The number of nitrogens with two attached hydrogens (primary N) is 1. The van der Waals surface area contributed by atoms with Crippen LogP contribution in [0.15, 0.2) is 47.5 Å². The summed E-state index contributed by atoms with van der Waals surface area (Å²) < 4.78 is 33.8. The summed E-state index contributed by atoms with van der Waals surface area (Å²) in [6, 6.07) is 11.6. The maximum absolute atomic E-state index is 13.2. The van der Waals surface area contributed by atoms with Gasteiger partial charge >= 0.3 is 0 Å². The minimum atomic E-state index is -4.25. The fourth-order valence-corrected chi connectivity index (χ4v) is 5.16. The summed E-state index contributed by atoms with van der Waals surface area (Å²) in [6.45, 7) is 8.09. The number of nitrogens with zero attached hydrogens (tertiary/aromatic N) is 2. The first-order valence-electron chi connectivity index (χ1n) is 11.1. The Balaban J connectivity index is 0.00000228. The largest absolute Gasteiger partial charge is 0.438 e. The third-order valence-corrected chi connectivity index (χ3v) is 7.22. The molecule has 4 rings (SSSR count). The van der Waals surface area contributed by atoms with Gasteiger partial charge in [-0.2, -0.15) is 8.42 Å². The fraction of sp³-hybridized carbons (Fsp3) is 0.320. The molecule has 9 heteroatoms. The van der Waals surface area contributed by atoms with Crippen molar-refractivity contribution in [1.82, 2.24) is 14.7 Å². The molecule has 2 aromatic heterocycles. The standard InChI is InChI=1S/C25H28N4O4S.3H2/c1-15-10-11-19(16(2)13-15)33-24-18(14-17-7-6-12-25(3,4)22(17)28-24)23(30)29-34(31,32)21-9-5-8-20(26)27-21;;;/h5,8-11,13-14H,6-7,12H2,1-4H3,(H2,26,27)(H,29,30);3*1H. The Morgan fingerprint density at radius 3 is 2.62 bits per heavy atom. The Morgan fingerprint density at radius 1 is 1.15 bits per heavy atom. The lowest BCUT2D eigenvalue weighted by Gasteiger charge is -2.32. The summed E-state index contributed by atoms with van der Waals surface area (Å²) in [5, 5.41) is -0.343. The molecule has 34 heavy (non-hydrogen) atoms. The predicted molar refractivity (Wildman–Crippen MR) is 136 cm³/mol. The zero-order chi connectivity index (χ0) is 24.7. The number of rotatable bonds is 5. The first-order chi connectivity index (χ1) is 16.0. The van der Waals surface area contributed by atoms with E-state index in [0.717, 1.165) is 41.6 Å². The number of anilines is 1. The van der Waals surface area contributed by atoms with Crippen molar-refractivity contribution in [2.75, 3.05) is 5.73 Å². The van der Waals surface area contributed by atoms with Gasteiger partial charge in [-0.25, -0.2) is 14.7 Å². The Morgan fingerprint density at radius 2 is 1.91 bits per heavy atom. The van der Waals surface area contributed by atoms with Gasteiger partial charge in [-0.15, -0.1) is 0 Å². The summed E-state index contributed by atoms with van der Waals surface area (Å²) in [7, 11) is -4.25. The molecule has 1 aliphatic rings. The van der Waals surface area contributed by atoms with Crippen LogP contribution in [0, 0.1) is 13.8 Å². The van der Waals surface area contributed by atoms with Crippen LogP contribution in [0.5, 0.6) is 11.6 Å². The summed E-state index contributed by atoms with van der Waals surface area (Å²) in [4.78, 5) is 21.8. The molecule has 8 nitrogen and oxygen atoms in total. The van der Waals surface area contributed by atoms with Crippen LogP contribution < -0.4 is 15.2 Å². The van der Waals surface area contributed by atoms with Crippen LogP contribution in [0.1, 0.15) is 63.7 Å². The molecule has 0 saturated heterocycles. The second-order valence-electron chi connectivity index (χ2n) is 9.29. The third-order valence-electron chi connectivity index (χ3n) is 5.98. The van der Waals surface area contributed by atoms with E-state index in [2.05, 4.69) is 23.6 Å². The van der Waals surface area contributed by atoms with E-state index in [9.17, 15) is 13.2 Å². The molecule has 0 bridgehead atoms. The quantitative estimate of drug-likeness (QED) is 0.523. The van der Waals surface area contributed by atoms with Gasteiger partial charge in [-0.3, -0.25) is 4.79 Å². The molecular weight excluding hydrogens is 452 g/mol. The number of ether oxygens (including phenoxy) is 1. The van der Waals surface area contributed by atoms with Gasteiger partial charge in [0.1, 0.15) is 17.1 Å². The normalized spacial score (nSPS) is 14.8. The zero-order valence-electron chi connectivity index (χ0n) is 19.7. The molecule has 1 aliphatic carbocycles. The maximum Gasteiger partial charge on any atom is 0.281 e. The van der Waals surface area contributed by atoms with Crippen molar-refractivity contribution in [3.05, 3.63) is 70.4 Å². The van der Waals surface area contributed by atoms with E-state index >= 15 is 0 Å². The van der Waals surface area contributed by atoms with E-state index in [-0.39, 0.29) is 32.0 Å². The summed E-state index contributed by atoms with van der Waals surface area (Å²) in [5.41, 5.74) is 9.18. The van der Waals surface area contributed by atoms with Gasteiger partial charge in [0.2, 0.25) is 5.88 Å². The van der Waals surface area contributed by atoms with Gasteiger partial charge in [0, 0.05) is 9.69 Å². The highest BCUT2D eigenvalue weighted by Crippen LogP contribution is 2.39. The number of nitrogens with one attached hydrogen (secondary N) is 1. The second kappa shape index (κ2) is 8.72. The van der Waals surface area contributed by atoms with Crippen molar-refractivity contribution < 1.29 is 22.2 Å². The second-order valence-corrected chi connectivity index (χ2v) is 10.9. The summed E-state index contributed by atoms with van der Waals surface area (Å²) in [6.07, 6.45) is 2.65. The Labute approximate surface area is 204 Å². The summed E-state index contributed by atoms with van der Waals surface area (Å²) >= 11 is 0. The predicted octanol–water partition coefficient (Wildman–Crippen LogP) is 4.94. The number of hydrogen-bond donors (Lipinski definition) is 2. The first-order valence-corrected chi connectivity index (χ1v) is 12.5. The van der Waals surface area contributed by atoms with Gasteiger partial charge in [0.15, 0.2) is 5.03 Å². The van der Waals surface area contributed by atoms with Crippen molar-refractivity contribution >= 4 is 21.7 Å². The number of benzene rings is 1.